The van der Waals surface area contributed by atoms with Gasteiger partial charge in [-0.1, -0.05) is 6.07 Å². The molecule has 6 heteroatoms. The molecule has 23 heavy (non-hydrogen) atoms. The molecule has 1 amide bonds. The Morgan fingerprint density at radius 1 is 1.26 bits per heavy atom. The summed E-state index contributed by atoms with van der Waals surface area (Å²) in [5, 5.41) is 0.678. The van der Waals surface area contributed by atoms with Gasteiger partial charge in [0.05, 0.1) is 11.3 Å². The van der Waals surface area contributed by atoms with Crippen LogP contribution in [0.15, 0.2) is 47.2 Å². The molecule has 0 fully saturated rings. The molecular formula is C17H14N2O4. The Balaban J connectivity index is 1.81. The van der Waals surface area contributed by atoms with Gasteiger partial charge in [-0.3, -0.25) is 9.78 Å². The van der Waals surface area contributed by atoms with E-state index in [1.807, 2.05) is 19.1 Å². The molecule has 0 bridgehead atoms. The summed E-state index contributed by atoms with van der Waals surface area (Å²) in [5.41, 5.74) is 7.80. The maximum Gasteiger partial charge on any atom is 0.342 e. The number of ether oxygens (including phenoxy) is 1. The van der Waals surface area contributed by atoms with Crippen LogP contribution in [0.2, 0.25) is 0 Å². The van der Waals surface area contributed by atoms with Gasteiger partial charge >= 0.3 is 5.97 Å². The summed E-state index contributed by atoms with van der Waals surface area (Å²) >= 11 is 0. The van der Waals surface area contributed by atoms with E-state index in [1.165, 1.54) is 18.5 Å². The maximum absolute atomic E-state index is 12.2. The lowest BCUT2D eigenvalue weighted by molar-refractivity contribution is 0.0466. The molecule has 0 spiro atoms. The van der Waals surface area contributed by atoms with Crippen LogP contribution in [0.1, 0.15) is 32.0 Å². The standard InChI is InChI=1S/C17H14N2O4/c1-10-4-5-11-13(8-22-15(11)7-10)17(21)23-9-14-12(16(18)20)3-2-6-19-14/h2-8H,9H2,1H3,(H2,18,20). The Morgan fingerprint density at radius 2 is 2.09 bits per heavy atom. The van der Waals surface area contributed by atoms with Crippen molar-refractivity contribution in [2.75, 3.05) is 0 Å². The average molecular weight is 310 g/mol. The molecule has 0 radical (unpaired) electrons. The summed E-state index contributed by atoms with van der Waals surface area (Å²) in [6.07, 6.45) is 2.87. The normalized spacial score (nSPS) is 10.7. The maximum atomic E-state index is 12.2. The van der Waals surface area contributed by atoms with Gasteiger partial charge in [-0.25, -0.2) is 4.79 Å². The number of aryl methyl sites for hydroxylation is 1. The van der Waals surface area contributed by atoms with Gasteiger partial charge < -0.3 is 14.9 Å². The van der Waals surface area contributed by atoms with Gasteiger partial charge in [-0.15, -0.1) is 0 Å². The first-order valence-corrected chi connectivity index (χ1v) is 6.95. The Hall–Kier alpha value is -3.15. The summed E-state index contributed by atoms with van der Waals surface area (Å²) in [6.45, 7) is 1.79. The van der Waals surface area contributed by atoms with Crippen molar-refractivity contribution in [2.45, 2.75) is 13.5 Å². The molecule has 0 aliphatic rings. The SMILES string of the molecule is Cc1ccc2c(C(=O)OCc3ncccc3C(N)=O)coc2c1. The van der Waals surface area contributed by atoms with Crippen LogP contribution in [0.25, 0.3) is 11.0 Å². The molecule has 0 aliphatic heterocycles. The quantitative estimate of drug-likeness (QED) is 0.747. The number of nitrogens with zero attached hydrogens (tertiary/aromatic N) is 1. The van der Waals surface area contributed by atoms with Gasteiger partial charge in [0.25, 0.3) is 5.91 Å². The Bertz CT molecular complexity index is 898. The molecule has 2 N–H and O–H groups in total. The number of fused-ring (bicyclic) bond motifs is 1. The van der Waals surface area contributed by atoms with Gasteiger partial charge in [0.1, 0.15) is 24.0 Å². The molecule has 2 heterocycles. The van der Waals surface area contributed by atoms with E-state index < -0.39 is 11.9 Å². The van der Waals surface area contributed by atoms with E-state index in [0.29, 0.717) is 22.2 Å². The fourth-order valence-electron chi connectivity index (χ4n) is 2.28. The highest BCUT2D eigenvalue weighted by molar-refractivity contribution is 6.03. The molecule has 0 atom stereocenters. The van der Waals surface area contributed by atoms with Crippen molar-refractivity contribution in [1.29, 1.82) is 0 Å². The third-order valence-corrected chi connectivity index (χ3v) is 3.45. The van der Waals surface area contributed by atoms with Crippen LogP contribution in [-0.4, -0.2) is 16.9 Å². The van der Waals surface area contributed by atoms with E-state index >= 15 is 0 Å². The predicted molar refractivity (Wildman–Crippen MR) is 82.8 cm³/mol. The Kier molecular flexibility index (Phi) is 3.80. The summed E-state index contributed by atoms with van der Waals surface area (Å²) in [7, 11) is 0. The predicted octanol–water partition coefficient (Wildman–Crippen LogP) is 2.59. The highest BCUT2D eigenvalue weighted by Gasteiger charge is 2.17. The minimum Gasteiger partial charge on any atom is -0.463 e. The van der Waals surface area contributed by atoms with Crippen LogP contribution < -0.4 is 5.73 Å². The minimum atomic E-state index is -0.617. The molecule has 0 aliphatic carbocycles. The smallest absolute Gasteiger partial charge is 0.342 e. The van der Waals surface area contributed by atoms with Gasteiger partial charge in [-0.2, -0.15) is 0 Å². The number of furan rings is 1. The van der Waals surface area contributed by atoms with Crippen LogP contribution in [-0.2, 0) is 11.3 Å². The van der Waals surface area contributed by atoms with E-state index in [0.717, 1.165) is 5.56 Å². The summed E-state index contributed by atoms with van der Waals surface area (Å²) in [5.74, 6) is -1.16. The average Bonchev–Trinajstić information content (AvgIpc) is 2.95. The highest BCUT2D eigenvalue weighted by Crippen LogP contribution is 2.23. The van der Waals surface area contributed by atoms with E-state index in [2.05, 4.69) is 4.98 Å². The van der Waals surface area contributed by atoms with E-state index in [9.17, 15) is 9.59 Å². The molecule has 0 saturated carbocycles. The van der Waals surface area contributed by atoms with Crippen molar-refractivity contribution in [3.63, 3.8) is 0 Å². The second-order valence-corrected chi connectivity index (χ2v) is 5.09. The second-order valence-electron chi connectivity index (χ2n) is 5.09. The van der Waals surface area contributed by atoms with Crippen molar-refractivity contribution in [3.8, 4) is 0 Å². The monoisotopic (exact) mass is 310 g/mol. The first-order valence-electron chi connectivity index (χ1n) is 6.95. The van der Waals surface area contributed by atoms with Crippen molar-refractivity contribution >= 4 is 22.8 Å². The Labute approximate surface area is 131 Å². The lowest BCUT2D eigenvalue weighted by Crippen LogP contribution is -2.16. The molecule has 116 valence electrons. The number of pyridine rings is 1. The zero-order chi connectivity index (χ0) is 16.4. The number of hydrogen-bond donors (Lipinski definition) is 1. The van der Waals surface area contributed by atoms with Crippen molar-refractivity contribution in [1.82, 2.24) is 4.98 Å². The summed E-state index contributed by atoms with van der Waals surface area (Å²) in [4.78, 5) is 27.6. The first kappa shape index (κ1) is 14.8. The number of aromatic nitrogens is 1. The van der Waals surface area contributed by atoms with Crippen LogP contribution in [0.3, 0.4) is 0 Å². The molecule has 2 aromatic heterocycles. The zero-order valence-corrected chi connectivity index (χ0v) is 12.4. The number of benzene rings is 1. The minimum absolute atomic E-state index is 0.142. The lowest BCUT2D eigenvalue weighted by atomic mass is 10.1. The number of primary amides is 1. The summed E-state index contributed by atoms with van der Waals surface area (Å²) < 4.78 is 10.6. The molecular weight excluding hydrogens is 296 g/mol. The van der Waals surface area contributed by atoms with Gasteiger partial charge in [0, 0.05) is 11.6 Å². The number of rotatable bonds is 4. The molecule has 0 unspecified atom stereocenters. The number of nitrogens with two attached hydrogens (primary N) is 1. The molecule has 0 saturated heterocycles. The molecule has 1 aromatic carbocycles. The van der Waals surface area contributed by atoms with Gasteiger partial charge in [0.15, 0.2) is 0 Å². The highest BCUT2D eigenvalue weighted by atomic mass is 16.5. The number of esters is 1. The number of amides is 1. The number of carbonyl (C=O) groups excluding carboxylic acids is 2. The van der Waals surface area contributed by atoms with Crippen LogP contribution >= 0.6 is 0 Å². The van der Waals surface area contributed by atoms with Crippen molar-refractivity contribution in [3.05, 3.63) is 65.2 Å². The Morgan fingerprint density at radius 3 is 2.87 bits per heavy atom. The van der Waals surface area contributed by atoms with Crippen LogP contribution in [0.4, 0.5) is 0 Å². The zero-order valence-electron chi connectivity index (χ0n) is 12.4. The van der Waals surface area contributed by atoms with Crippen LogP contribution in [0.5, 0.6) is 0 Å². The van der Waals surface area contributed by atoms with Gasteiger partial charge in [-0.05, 0) is 36.8 Å². The van der Waals surface area contributed by atoms with Crippen molar-refractivity contribution in [2.24, 2.45) is 5.73 Å². The van der Waals surface area contributed by atoms with E-state index in [1.54, 1.807) is 12.1 Å². The molecule has 3 rings (SSSR count). The van der Waals surface area contributed by atoms with Crippen molar-refractivity contribution < 1.29 is 18.7 Å². The number of hydrogen-bond acceptors (Lipinski definition) is 5. The van der Waals surface area contributed by atoms with Crippen LogP contribution in [0, 0.1) is 6.92 Å². The van der Waals surface area contributed by atoms with Gasteiger partial charge in [0.2, 0.25) is 0 Å². The van der Waals surface area contributed by atoms with E-state index in [4.69, 9.17) is 14.9 Å². The topological polar surface area (TPSA) is 95.4 Å². The largest absolute Gasteiger partial charge is 0.463 e. The third-order valence-electron chi connectivity index (χ3n) is 3.45. The van der Waals surface area contributed by atoms with E-state index in [-0.39, 0.29) is 12.2 Å². The first-order chi connectivity index (χ1) is 11.1. The summed E-state index contributed by atoms with van der Waals surface area (Å²) in [6, 6.07) is 8.67. The third kappa shape index (κ3) is 2.91. The molecule has 6 nitrogen and oxygen atoms in total. The number of carbonyl (C=O) groups is 2. The fraction of sp³-hybridized carbons (Fsp3) is 0.118. The lowest BCUT2D eigenvalue weighted by Gasteiger charge is -2.06. The molecule has 3 aromatic rings. The second kappa shape index (κ2) is 5.92. The fourth-order valence-corrected chi connectivity index (χ4v) is 2.28.